The minimum Gasteiger partial charge on any atom is -0.497 e. The van der Waals surface area contributed by atoms with Crippen molar-refractivity contribution < 1.29 is 14.1 Å². The Labute approximate surface area is 163 Å². The molecule has 4 rings (SSSR count). The molecular weight excluding hydrogens is 356 g/mol. The highest BCUT2D eigenvalue weighted by Crippen LogP contribution is 2.32. The molecule has 7 heteroatoms. The molecule has 0 bridgehead atoms. The fourth-order valence-corrected chi connectivity index (χ4v) is 3.39. The van der Waals surface area contributed by atoms with E-state index in [1.165, 1.54) is 0 Å². The maximum Gasteiger partial charge on any atom is 0.318 e. The number of carbonyl (C=O) groups excluding carboxylic acids is 1. The predicted octanol–water partition coefficient (Wildman–Crippen LogP) is 3.79. The van der Waals surface area contributed by atoms with Crippen molar-refractivity contribution in [3.8, 4) is 17.1 Å². The number of urea groups is 1. The van der Waals surface area contributed by atoms with E-state index in [-0.39, 0.29) is 12.1 Å². The summed E-state index contributed by atoms with van der Waals surface area (Å²) >= 11 is 0. The molecule has 1 atom stereocenters. The van der Waals surface area contributed by atoms with Crippen molar-refractivity contribution in [2.75, 3.05) is 13.7 Å². The topological polar surface area (TPSA) is 80.5 Å². The molecule has 2 heterocycles. The van der Waals surface area contributed by atoms with E-state index in [1.807, 2.05) is 54.6 Å². The van der Waals surface area contributed by atoms with E-state index < -0.39 is 0 Å². The summed E-state index contributed by atoms with van der Waals surface area (Å²) in [5.74, 6) is 1.68. The van der Waals surface area contributed by atoms with Crippen LogP contribution in [0.1, 0.15) is 30.3 Å². The van der Waals surface area contributed by atoms with Crippen molar-refractivity contribution in [3.05, 3.63) is 66.1 Å². The molecule has 0 saturated carbocycles. The van der Waals surface area contributed by atoms with Gasteiger partial charge in [-0.05, 0) is 30.5 Å². The van der Waals surface area contributed by atoms with Crippen molar-refractivity contribution in [2.24, 2.45) is 0 Å². The van der Waals surface area contributed by atoms with Gasteiger partial charge in [-0.1, -0.05) is 47.6 Å². The SMILES string of the molecule is COc1cccc(-c2noc([C@@H]3CCCN3C(=O)NCc3ccccc3)n2)c1. The van der Waals surface area contributed by atoms with Crippen LogP contribution in [-0.4, -0.2) is 34.7 Å². The Balaban J connectivity index is 1.46. The second-order valence-electron chi connectivity index (χ2n) is 6.68. The number of nitrogens with zero attached hydrogens (tertiary/aromatic N) is 3. The van der Waals surface area contributed by atoms with Crippen LogP contribution in [0.25, 0.3) is 11.4 Å². The molecule has 0 aliphatic carbocycles. The molecule has 0 unspecified atom stereocenters. The second-order valence-corrected chi connectivity index (χ2v) is 6.68. The van der Waals surface area contributed by atoms with E-state index in [9.17, 15) is 4.79 Å². The summed E-state index contributed by atoms with van der Waals surface area (Å²) in [6.07, 6.45) is 1.71. The molecule has 28 heavy (non-hydrogen) atoms. The third-order valence-corrected chi connectivity index (χ3v) is 4.85. The number of hydrogen-bond acceptors (Lipinski definition) is 5. The van der Waals surface area contributed by atoms with Crippen molar-refractivity contribution >= 4 is 6.03 Å². The van der Waals surface area contributed by atoms with Crippen LogP contribution in [0.15, 0.2) is 59.1 Å². The van der Waals surface area contributed by atoms with Gasteiger partial charge in [-0.25, -0.2) is 4.79 Å². The summed E-state index contributed by atoms with van der Waals surface area (Å²) in [6, 6.07) is 17.0. The second kappa shape index (κ2) is 8.12. The number of ether oxygens (including phenoxy) is 1. The number of rotatable bonds is 5. The van der Waals surface area contributed by atoms with Crippen LogP contribution in [0, 0.1) is 0 Å². The van der Waals surface area contributed by atoms with Crippen molar-refractivity contribution in [3.63, 3.8) is 0 Å². The molecule has 1 fully saturated rings. The first-order chi connectivity index (χ1) is 13.7. The molecule has 1 aliphatic heterocycles. The Morgan fingerprint density at radius 2 is 2.11 bits per heavy atom. The van der Waals surface area contributed by atoms with Gasteiger partial charge < -0.3 is 19.5 Å². The van der Waals surface area contributed by atoms with E-state index in [4.69, 9.17) is 9.26 Å². The van der Waals surface area contributed by atoms with E-state index in [0.29, 0.717) is 24.8 Å². The zero-order valence-corrected chi connectivity index (χ0v) is 15.7. The smallest absolute Gasteiger partial charge is 0.318 e. The largest absolute Gasteiger partial charge is 0.497 e. The van der Waals surface area contributed by atoms with Gasteiger partial charge in [0.2, 0.25) is 11.7 Å². The summed E-state index contributed by atoms with van der Waals surface area (Å²) in [4.78, 5) is 19.0. The van der Waals surface area contributed by atoms with Gasteiger partial charge >= 0.3 is 6.03 Å². The summed E-state index contributed by atoms with van der Waals surface area (Å²) in [7, 11) is 1.62. The Morgan fingerprint density at radius 1 is 1.25 bits per heavy atom. The first kappa shape index (κ1) is 18.0. The number of aromatic nitrogens is 2. The van der Waals surface area contributed by atoms with Gasteiger partial charge in [-0.2, -0.15) is 4.98 Å². The molecule has 2 amide bonds. The average Bonchev–Trinajstić information content (AvgIpc) is 3.42. The number of nitrogens with one attached hydrogen (secondary N) is 1. The number of benzene rings is 2. The highest BCUT2D eigenvalue weighted by Gasteiger charge is 2.34. The van der Waals surface area contributed by atoms with E-state index in [2.05, 4.69) is 15.5 Å². The van der Waals surface area contributed by atoms with Crippen LogP contribution in [-0.2, 0) is 6.54 Å². The normalized spacial score (nSPS) is 16.2. The third-order valence-electron chi connectivity index (χ3n) is 4.85. The predicted molar refractivity (Wildman–Crippen MR) is 104 cm³/mol. The summed E-state index contributed by atoms with van der Waals surface area (Å²) in [5.41, 5.74) is 1.87. The fraction of sp³-hybridized carbons (Fsp3) is 0.286. The van der Waals surface area contributed by atoms with Crippen molar-refractivity contribution in [2.45, 2.75) is 25.4 Å². The highest BCUT2D eigenvalue weighted by molar-refractivity contribution is 5.75. The average molecular weight is 378 g/mol. The quantitative estimate of drug-likeness (QED) is 0.731. The maximum atomic E-state index is 12.7. The van der Waals surface area contributed by atoms with Crippen molar-refractivity contribution in [1.29, 1.82) is 0 Å². The molecule has 1 aromatic heterocycles. The molecule has 0 spiro atoms. The number of methoxy groups -OCH3 is 1. The first-order valence-corrected chi connectivity index (χ1v) is 9.31. The van der Waals surface area contributed by atoms with Crippen LogP contribution in [0.3, 0.4) is 0 Å². The Morgan fingerprint density at radius 3 is 2.93 bits per heavy atom. The van der Waals surface area contributed by atoms with Crippen molar-refractivity contribution in [1.82, 2.24) is 20.4 Å². The summed E-state index contributed by atoms with van der Waals surface area (Å²) in [6.45, 7) is 1.16. The van der Waals surface area contributed by atoms with Gasteiger partial charge in [0, 0.05) is 18.7 Å². The van der Waals surface area contributed by atoms with Gasteiger partial charge in [0.1, 0.15) is 11.8 Å². The van der Waals surface area contributed by atoms with Gasteiger partial charge in [0.15, 0.2) is 0 Å². The van der Waals surface area contributed by atoms with Crippen LogP contribution in [0.5, 0.6) is 5.75 Å². The molecule has 3 aromatic rings. The molecule has 1 N–H and O–H groups in total. The van der Waals surface area contributed by atoms with Crippen LogP contribution >= 0.6 is 0 Å². The molecule has 1 aliphatic rings. The third kappa shape index (κ3) is 3.83. The zero-order chi connectivity index (χ0) is 19.3. The fourth-order valence-electron chi connectivity index (χ4n) is 3.39. The van der Waals surface area contributed by atoms with E-state index in [0.717, 1.165) is 29.7 Å². The number of likely N-dealkylation sites (tertiary alicyclic amines) is 1. The maximum absolute atomic E-state index is 12.7. The Bertz CT molecular complexity index is 942. The number of hydrogen-bond donors (Lipinski definition) is 1. The van der Waals surface area contributed by atoms with E-state index >= 15 is 0 Å². The lowest BCUT2D eigenvalue weighted by atomic mass is 10.2. The molecule has 1 saturated heterocycles. The number of carbonyl (C=O) groups is 1. The van der Waals surface area contributed by atoms with Gasteiger partial charge in [-0.15, -0.1) is 0 Å². The van der Waals surface area contributed by atoms with Crippen LogP contribution < -0.4 is 10.1 Å². The lowest BCUT2D eigenvalue weighted by Gasteiger charge is -2.22. The molecule has 7 nitrogen and oxygen atoms in total. The van der Waals surface area contributed by atoms with Crippen LogP contribution in [0.2, 0.25) is 0 Å². The van der Waals surface area contributed by atoms with Gasteiger partial charge in [0.05, 0.1) is 7.11 Å². The van der Waals surface area contributed by atoms with Crippen LogP contribution in [0.4, 0.5) is 4.79 Å². The standard InChI is InChI=1S/C21H22N4O3/c1-27-17-10-5-9-16(13-17)19-23-20(28-24-19)18-11-6-12-25(18)21(26)22-14-15-7-3-2-4-8-15/h2-5,7-10,13,18H,6,11-12,14H2,1H3,(H,22,26)/t18-/m0/s1. The zero-order valence-electron chi connectivity index (χ0n) is 15.7. The minimum absolute atomic E-state index is 0.118. The summed E-state index contributed by atoms with van der Waals surface area (Å²) in [5, 5.41) is 7.07. The minimum atomic E-state index is -0.206. The molecule has 2 aromatic carbocycles. The first-order valence-electron chi connectivity index (χ1n) is 9.31. The van der Waals surface area contributed by atoms with Gasteiger partial charge in [-0.3, -0.25) is 0 Å². The lowest BCUT2D eigenvalue weighted by Crippen LogP contribution is -2.39. The Hall–Kier alpha value is -3.35. The highest BCUT2D eigenvalue weighted by atomic mass is 16.5. The monoisotopic (exact) mass is 378 g/mol. The van der Waals surface area contributed by atoms with Gasteiger partial charge in [0.25, 0.3) is 0 Å². The van der Waals surface area contributed by atoms with E-state index in [1.54, 1.807) is 12.0 Å². The lowest BCUT2D eigenvalue weighted by molar-refractivity contribution is 0.180. The molecular formula is C21H22N4O3. The number of amides is 2. The molecule has 0 radical (unpaired) electrons. The Kier molecular flexibility index (Phi) is 5.23. The summed E-state index contributed by atoms with van der Waals surface area (Å²) < 4.78 is 10.7. The molecule has 144 valence electrons.